The van der Waals surface area contributed by atoms with Crippen LogP contribution >= 0.6 is 0 Å². The summed E-state index contributed by atoms with van der Waals surface area (Å²) in [6.45, 7) is 2.34. The van der Waals surface area contributed by atoms with Gasteiger partial charge in [0.05, 0.1) is 11.5 Å². The Hall–Kier alpha value is -3.19. The van der Waals surface area contributed by atoms with Crippen LogP contribution in [-0.4, -0.2) is 20.6 Å². The van der Waals surface area contributed by atoms with E-state index in [9.17, 15) is 45.6 Å². The Morgan fingerprint density at radius 3 is 2.03 bits per heavy atom. The number of nitrogens with zero attached hydrogens (tertiary/aromatic N) is 3. The summed E-state index contributed by atoms with van der Waals surface area (Å²) in [5, 5.41) is 16.2. The van der Waals surface area contributed by atoms with Crippen molar-refractivity contribution in [3.8, 4) is 0 Å². The maximum atomic E-state index is 13.8. The van der Waals surface area contributed by atoms with Crippen molar-refractivity contribution in [2.45, 2.75) is 33.0 Å². The summed E-state index contributed by atoms with van der Waals surface area (Å²) in [4.78, 5) is 22.1. The van der Waals surface area contributed by atoms with Crippen molar-refractivity contribution in [3.05, 3.63) is 50.3 Å². The first-order valence-corrected chi connectivity index (χ1v) is 7.68. The number of aromatic nitrogens is 2. The molecule has 0 atom stereocenters. The number of carbonyl (C=O) groups is 1. The number of anilines is 1. The van der Waals surface area contributed by atoms with Crippen LogP contribution in [0.15, 0.2) is 0 Å². The average Bonchev–Trinajstić information content (AvgIpc) is 2.87. The molecule has 0 radical (unpaired) electrons. The number of amides is 1. The molecule has 2 aromatic rings. The molecule has 14 heteroatoms. The first kappa shape index (κ1) is 22.1. The molecule has 0 aliphatic carbocycles. The molecule has 0 aliphatic rings. The van der Waals surface area contributed by atoms with Gasteiger partial charge in [-0.05, 0) is 13.8 Å². The number of aryl methyl sites for hydroxylation is 2. The maximum absolute atomic E-state index is 13.8. The number of carbonyl (C=O) groups excluding carboxylic acids is 1. The van der Waals surface area contributed by atoms with Crippen molar-refractivity contribution in [3.63, 3.8) is 0 Å². The fraction of sp³-hybridized carbons (Fsp3) is 0.333. The van der Waals surface area contributed by atoms with Crippen molar-refractivity contribution in [2.75, 3.05) is 5.32 Å². The predicted molar refractivity (Wildman–Crippen MR) is 82.9 cm³/mol. The number of nitrogens with one attached hydrogen (secondary N) is 1. The largest absolute Gasteiger partial charge is 0.422 e. The second-order valence-electron chi connectivity index (χ2n) is 5.80. The smallest absolute Gasteiger partial charge is 0.321 e. The van der Waals surface area contributed by atoms with Gasteiger partial charge in [-0.3, -0.25) is 19.6 Å². The van der Waals surface area contributed by atoms with Crippen LogP contribution in [0.4, 0.5) is 42.1 Å². The van der Waals surface area contributed by atoms with Crippen molar-refractivity contribution >= 4 is 17.3 Å². The van der Waals surface area contributed by atoms with Crippen molar-refractivity contribution in [2.24, 2.45) is 0 Å². The van der Waals surface area contributed by atoms with E-state index in [-0.39, 0.29) is 23.6 Å². The highest BCUT2D eigenvalue weighted by atomic mass is 19.4. The van der Waals surface area contributed by atoms with Crippen molar-refractivity contribution < 1.29 is 40.5 Å². The van der Waals surface area contributed by atoms with E-state index in [4.69, 9.17) is 0 Å². The minimum Gasteiger partial charge on any atom is -0.321 e. The van der Waals surface area contributed by atoms with Gasteiger partial charge in [-0.1, -0.05) is 0 Å². The van der Waals surface area contributed by atoms with E-state index in [2.05, 4.69) is 5.10 Å². The highest BCUT2D eigenvalue weighted by molar-refractivity contribution is 5.91. The second kappa shape index (κ2) is 7.67. The zero-order chi connectivity index (χ0) is 22.3. The molecule has 29 heavy (non-hydrogen) atoms. The van der Waals surface area contributed by atoms with Crippen LogP contribution in [0.2, 0.25) is 0 Å². The van der Waals surface area contributed by atoms with Gasteiger partial charge in [0.15, 0.2) is 23.3 Å². The van der Waals surface area contributed by atoms with Crippen LogP contribution in [0.3, 0.4) is 0 Å². The Bertz CT molecular complexity index is 972. The monoisotopic (exact) mass is 428 g/mol. The molecule has 1 N–H and O–H groups in total. The molecule has 1 aromatic heterocycles. The van der Waals surface area contributed by atoms with Gasteiger partial charge >= 0.3 is 11.9 Å². The molecule has 0 bridgehead atoms. The molecule has 2 rings (SSSR count). The average molecular weight is 428 g/mol. The molecule has 0 aliphatic heterocycles. The molecule has 0 saturated carbocycles. The molecule has 1 aromatic carbocycles. The number of hydrogen-bond donors (Lipinski definition) is 1. The van der Waals surface area contributed by atoms with Gasteiger partial charge in [-0.25, -0.2) is 17.6 Å². The van der Waals surface area contributed by atoms with Gasteiger partial charge in [0, 0.05) is 6.42 Å². The summed E-state index contributed by atoms with van der Waals surface area (Å²) >= 11 is 0. The summed E-state index contributed by atoms with van der Waals surface area (Å²) in [5.41, 5.74) is -4.69. The van der Waals surface area contributed by atoms with Gasteiger partial charge in [-0.2, -0.15) is 18.3 Å². The minimum atomic E-state index is -5.71. The Morgan fingerprint density at radius 2 is 1.62 bits per heavy atom. The number of nitro groups is 1. The van der Waals surface area contributed by atoms with Crippen LogP contribution in [0.25, 0.3) is 0 Å². The number of halogens is 7. The lowest BCUT2D eigenvalue weighted by Gasteiger charge is -2.14. The quantitative estimate of drug-likeness (QED) is 0.337. The third-order valence-electron chi connectivity index (χ3n) is 3.89. The first-order valence-electron chi connectivity index (χ1n) is 7.68. The first-order chi connectivity index (χ1) is 13.3. The van der Waals surface area contributed by atoms with E-state index < -0.39 is 57.9 Å². The van der Waals surface area contributed by atoms with Gasteiger partial charge in [0.2, 0.25) is 5.91 Å². The maximum Gasteiger partial charge on any atom is 0.422 e. The summed E-state index contributed by atoms with van der Waals surface area (Å²) in [7, 11) is 0. The number of hydrogen-bond acceptors (Lipinski definition) is 4. The summed E-state index contributed by atoms with van der Waals surface area (Å²) in [6.07, 6.45) is -6.31. The third-order valence-corrected chi connectivity index (χ3v) is 3.89. The zero-order valence-electron chi connectivity index (χ0n) is 14.6. The molecule has 0 spiro atoms. The molecule has 7 nitrogen and oxygen atoms in total. The molecule has 0 saturated heterocycles. The van der Waals surface area contributed by atoms with Gasteiger partial charge < -0.3 is 5.32 Å². The molecule has 1 amide bonds. The summed E-state index contributed by atoms with van der Waals surface area (Å²) in [5.74, 6) is -11.5. The highest BCUT2D eigenvalue weighted by Gasteiger charge is 2.42. The van der Waals surface area contributed by atoms with Gasteiger partial charge in [0.1, 0.15) is 22.6 Å². The lowest BCUT2D eigenvalue weighted by molar-refractivity contribution is -0.386. The third kappa shape index (κ3) is 4.14. The van der Waals surface area contributed by atoms with E-state index >= 15 is 0 Å². The van der Waals surface area contributed by atoms with Crippen LogP contribution in [-0.2, 0) is 17.5 Å². The Labute approximate surface area is 157 Å². The Balaban J connectivity index is 2.24. The van der Waals surface area contributed by atoms with E-state index in [1.807, 2.05) is 0 Å². The van der Waals surface area contributed by atoms with E-state index in [0.717, 1.165) is 4.68 Å². The van der Waals surface area contributed by atoms with E-state index in [1.54, 1.807) is 0 Å². The molecular formula is C15H11F7N4O3. The van der Waals surface area contributed by atoms with Gasteiger partial charge in [0.25, 0.3) is 0 Å². The molecule has 158 valence electrons. The summed E-state index contributed by atoms with van der Waals surface area (Å²) in [6, 6.07) is 0. The predicted octanol–water partition coefficient (Wildman–Crippen LogP) is 4.01. The second-order valence-corrected chi connectivity index (χ2v) is 5.80. The van der Waals surface area contributed by atoms with Crippen molar-refractivity contribution in [1.29, 1.82) is 0 Å². The fourth-order valence-electron chi connectivity index (χ4n) is 2.57. The Kier molecular flexibility index (Phi) is 5.85. The fourth-order valence-corrected chi connectivity index (χ4v) is 2.57. The molecule has 1 heterocycles. The Morgan fingerprint density at radius 1 is 1.10 bits per heavy atom. The van der Waals surface area contributed by atoms with Crippen LogP contribution in [0.5, 0.6) is 0 Å². The van der Waals surface area contributed by atoms with E-state index in [0.29, 0.717) is 0 Å². The van der Waals surface area contributed by atoms with Crippen molar-refractivity contribution in [1.82, 2.24) is 9.78 Å². The SMILES string of the molecule is Cc1nn(CCC(=O)Nc2c(F)c(F)c(C(F)(F)F)c(F)c2F)c(C)c1[N+](=O)[O-]. The highest BCUT2D eigenvalue weighted by Crippen LogP contribution is 2.38. The number of alkyl halides is 3. The lowest BCUT2D eigenvalue weighted by atomic mass is 10.1. The normalized spacial score (nSPS) is 11.6. The van der Waals surface area contributed by atoms with Gasteiger partial charge in [-0.15, -0.1) is 0 Å². The lowest BCUT2D eigenvalue weighted by Crippen LogP contribution is -2.21. The summed E-state index contributed by atoms with van der Waals surface area (Å²) < 4.78 is 93.3. The molecular weight excluding hydrogens is 417 g/mol. The van der Waals surface area contributed by atoms with Crippen LogP contribution < -0.4 is 5.32 Å². The molecule has 0 unspecified atom stereocenters. The number of benzene rings is 1. The van der Waals surface area contributed by atoms with Crippen LogP contribution in [0, 0.1) is 47.2 Å². The minimum absolute atomic E-state index is 0.0388. The number of rotatable bonds is 5. The topological polar surface area (TPSA) is 90.1 Å². The molecule has 0 fully saturated rings. The van der Waals surface area contributed by atoms with E-state index in [1.165, 1.54) is 19.2 Å². The van der Waals surface area contributed by atoms with Crippen LogP contribution in [0.1, 0.15) is 23.4 Å². The zero-order valence-corrected chi connectivity index (χ0v) is 14.6. The standard InChI is InChI=1S/C15H11F7N4O3/c1-5-14(26(28)29)6(2)25(24-5)4-3-7(27)23-13-11(18)9(16)8(15(20,21)22)10(17)12(13)19/h3-4H2,1-2H3,(H,23,27).